The third-order valence-corrected chi connectivity index (χ3v) is 6.25. The summed E-state index contributed by atoms with van der Waals surface area (Å²) in [6.45, 7) is 2.90. The van der Waals surface area contributed by atoms with Gasteiger partial charge in [0, 0.05) is 39.0 Å². The van der Waals surface area contributed by atoms with Crippen molar-refractivity contribution in [3.05, 3.63) is 0 Å². The van der Waals surface area contributed by atoms with Crippen molar-refractivity contribution in [1.29, 1.82) is 0 Å². The van der Waals surface area contributed by atoms with E-state index in [1.54, 1.807) is 9.80 Å². The standard InChI is InChI=1S/C26H44N4O14.4Li.4H/c31-21(27-19(25(37)38)1-3-23(33)34)17-29-5-9-41-13-15-43-11-7-30(8-12-44-16-14-42-10-6-29)18-22(32)28-20(26(39)40)2-4-24(35)36;;;;;;;;/h19-20H,1-18H2,(H,27,31)(H,28,32)(H,33,34)(H,35,36)(H,37,38)(H,39,40);;;;;;;;. The molecule has 1 rings (SSSR count). The van der Waals surface area contributed by atoms with E-state index in [0.29, 0.717) is 26.2 Å². The summed E-state index contributed by atoms with van der Waals surface area (Å²) in [6.07, 6.45) is -1.28. The Labute approximate surface area is 327 Å². The number of rotatable bonds is 14. The van der Waals surface area contributed by atoms with E-state index in [2.05, 4.69) is 10.6 Å². The summed E-state index contributed by atoms with van der Waals surface area (Å²) in [6, 6.07) is -2.65. The van der Waals surface area contributed by atoms with Crippen LogP contribution in [0.1, 0.15) is 25.7 Å². The molecular formula is C26H48Li4N4O14. The van der Waals surface area contributed by atoms with Crippen molar-refractivity contribution in [3.63, 3.8) is 0 Å². The van der Waals surface area contributed by atoms with Gasteiger partial charge in [-0.3, -0.25) is 29.0 Å². The molecule has 22 heteroatoms. The minimum atomic E-state index is -1.32. The second-order valence-corrected chi connectivity index (χ2v) is 9.78. The van der Waals surface area contributed by atoms with Crippen LogP contribution in [0.3, 0.4) is 0 Å². The van der Waals surface area contributed by atoms with Gasteiger partial charge in [-0.2, -0.15) is 0 Å². The van der Waals surface area contributed by atoms with Crippen molar-refractivity contribution < 1.29 is 68.1 Å². The van der Waals surface area contributed by atoms with Crippen molar-refractivity contribution >= 4 is 111 Å². The molecule has 18 nitrogen and oxygen atoms in total. The molecule has 48 heavy (non-hydrogen) atoms. The van der Waals surface area contributed by atoms with E-state index in [4.69, 9.17) is 29.2 Å². The van der Waals surface area contributed by atoms with Crippen LogP contribution in [0.25, 0.3) is 0 Å². The Kier molecular flexibility index (Phi) is 37.1. The van der Waals surface area contributed by atoms with Gasteiger partial charge in [0.15, 0.2) is 0 Å². The van der Waals surface area contributed by atoms with Gasteiger partial charge in [0.1, 0.15) is 12.1 Å². The summed E-state index contributed by atoms with van der Waals surface area (Å²) in [5, 5.41) is 40.8. The predicted molar refractivity (Wildman–Crippen MR) is 178 cm³/mol. The minimum absolute atomic E-state index is 0. The molecule has 0 aromatic carbocycles. The Morgan fingerprint density at radius 2 is 0.771 bits per heavy atom. The van der Waals surface area contributed by atoms with Crippen LogP contribution in [-0.4, -0.2) is 246 Å². The number of amides is 2. The molecule has 0 aromatic rings. The first-order chi connectivity index (χ1) is 21.0. The molecule has 0 radical (unpaired) electrons. The molecule has 0 aromatic heterocycles. The Balaban J connectivity index is -0.00000242. The Bertz CT molecular complexity index is 849. The molecule has 0 aliphatic carbocycles. The number of nitrogens with zero attached hydrogens (tertiary/aromatic N) is 2. The quantitative estimate of drug-likeness (QED) is 0.0948. The Hall–Kier alpha value is -1.03. The fraction of sp³-hybridized carbons (Fsp3) is 0.769. The zero-order valence-corrected chi connectivity index (χ0v) is 24.6. The van der Waals surface area contributed by atoms with Crippen LogP contribution in [0.2, 0.25) is 0 Å². The third-order valence-electron chi connectivity index (χ3n) is 6.25. The summed E-state index contributed by atoms with van der Waals surface area (Å²) >= 11 is 0. The second-order valence-electron chi connectivity index (χ2n) is 9.78. The number of carbonyl (C=O) groups is 6. The van der Waals surface area contributed by atoms with E-state index in [1.165, 1.54) is 0 Å². The number of nitrogens with one attached hydrogen (secondary N) is 2. The van der Waals surface area contributed by atoms with Crippen LogP contribution in [-0.2, 0) is 47.7 Å². The van der Waals surface area contributed by atoms with Gasteiger partial charge in [-0.1, -0.05) is 0 Å². The molecule has 260 valence electrons. The van der Waals surface area contributed by atoms with Crippen LogP contribution < -0.4 is 10.6 Å². The van der Waals surface area contributed by atoms with Crippen molar-refractivity contribution in [1.82, 2.24) is 20.4 Å². The van der Waals surface area contributed by atoms with Crippen LogP contribution in [0, 0.1) is 0 Å². The number of aliphatic carboxylic acids is 4. The average molecular weight is 668 g/mol. The van der Waals surface area contributed by atoms with Crippen molar-refractivity contribution in [2.45, 2.75) is 37.8 Å². The number of carboxylic acids is 4. The van der Waals surface area contributed by atoms with Gasteiger partial charge in [-0.15, -0.1) is 0 Å². The van der Waals surface area contributed by atoms with Crippen LogP contribution in [0.4, 0.5) is 0 Å². The number of hydrogen-bond acceptors (Lipinski definition) is 12. The van der Waals surface area contributed by atoms with Crippen LogP contribution in [0.5, 0.6) is 0 Å². The van der Waals surface area contributed by atoms with Crippen LogP contribution >= 0.6 is 0 Å². The van der Waals surface area contributed by atoms with Gasteiger partial charge in [0.05, 0.1) is 65.9 Å². The molecule has 1 fully saturated rings. The van der Waals surface area contributed by atoms with E-state index >= 15 is 0 Å². The van der Waals surface area contributed by atoms with Crippen molar-refractivity contribution in [3.8, 4) is 0 Å². The van der Waals surface area contributed by atoms with E-state index in [9.17, 15) is 39.0 Å². The van der Waals surface area contributed by atoms with E-state index in [-0.39, 0.29) is 154 Å². The molecule has 2 amide bonds. The molecule has 1 heterocycles. The summed E-state index contributed by atoms with van der Waals surface area (Å²) in [5.74, 6) is -6.12. The summed E-state index contributed by atoms with van der Waals surface area (Å²) < 4.78 is 22.3. The van der Waals surface area contributed by atoms with Crippen LogP contribution in [0.15, 0.2) is 0 Å². The predicted octanol–water partition coefficient (Wildman–Crippen LogP) is -5.06. The molecule has 2 unspecified atom stereocenters. The maximum absolute atomic E-state index is 12.5. The number of ether oxygens (including phenoxy) is 4. The molecule has 1 aliphatic rings. The van der Waals surface area contributed by atoms with E-state index < -0.39 is 60.6 Å². The summed E-state index contributed by atoms with van der Waals surface area (Å²) in [4.78, 5) is 72.7. The number of hydrogen-bond donors (Lipinski definition) is 6. The average Bonchev–Trinajstić information content (AvgIpc) is 2.94. The molecule has 6 N–H and O–H groups in total. The van der Waals surface area contributed by atoms with E-state index in [1.807, 2.05) is 0 Å². The number of carbonyl (C=O) groups excluding carboxylic acids is 2. The fourth-order valence-electron chi connectivity index (χ4n) is 3.89. The Morgan fingerprint density at radius 3 is 1.00 bits per heavy atom. The molecule has 0 spiro atoms. The molecule has 1 saturated heterocycles. The second kappa shape index (κ2) is 33.1. The summed E-state index contributed by atoms with van der Waals surface area (Å²) in [7, 11) is 0. The molecular weight excluding hydrogens is 620 g/mol. The van der Waals surface area contributed by atoms with Gasteiger partial charge in [-0.05, 0) is 12.8 Å². The number of carboxylic acid groups (broad SMARTS) is 4. The SMILES string of the molecule is O=C(O)CCC(NC(=O)CN1CCOCCOCCN(CC(=O)NC(CCC(=O)O)C(=O)O)CCOCCOCC1)C(=O)O.[LiH].[LiH].[LiH].[LiH]. The molecule has 0 bridgehead atoms. The fourth-order valence-corrected chi connectivity index (χ4v) is 3.89. The zero-order chi connectivity index (χ0) is 32.7. The maximum atomic E-state index is 12.5. The van der Waals surface area contributed by atoms with Gasteiger partial charge < -0.3 is 50.0 Å². The monoisotopic (exact) mass is 668 g/mol. The van der Waals surface area contributed by atoms with Gasteiger partial charge in [0.25, 0.3) is 0 Å². The topological polar surface area (TPSA) is 251 Å². The molecule has 0 saturated carbocycles. The van der Waals surface area contributed by atoms with Gasteiger partial charge in [-0.25, -0.2) is 9.59 Å². The first kappa shape index (κ1) is 53.8. The first-order valence-corrected chi connectivity index (χ1v) is 14.2. The first-order valence-electron chi connectivity index (χ1n) is 14.2. The third kappa shape index (κ3) is 28.8. The Morgan fingerprint density at radius 1 is 0.500 bits per heavy atom. The van der Waals surface area contributed by atoms with Gasteiger partial charge in [0.2, 0.25) is 11.8 Å². The van der Waals surface area contributed by atoms with Crippen molar-refractivity contribution in [2.24, 2.45) is 0 Å². The zero-order valence-electron chi connectivity index (χ0n) is 24.6. The molecule has 1 aliphatic heterocycles. The van der Waals surface area contributed by atoms with Gasteiger partial charge >= 0.3 is 99.3 Å². The molecule has 2 atom stereocenters. The van der Waals surface area contributed by atoms with Crippen molar-refractivity contribution in [2.75, 3.05) is 92.1 Å². The normalized spacial score (nSPS) is 17.0. The summed E-state index contributed by atoms with van der Waals surface area (Å²) in [5.41, 5.74) is 0. The van der Waals surface area contributed by atoms with E-state index in [0.717, 1.165) is 0 Å².